The Morgan fingerprint density at radius 1 is 1.24 bits per heavy atom. The fourth-order valence-corrected chi connectivity index (χ4v) is 2.89. The van der Waals surface area contributed by atoms with Crippen LogP contribution >= 0.6 is 11.3 Å². The van der Waals surface area contributed by atoms with Crippen LogP contribution in [0.5, 0.6) is 0 Å². The van der Waals surface area contributed by atoms with Gasteiger partial charge in [-0.05, 0) is 30.7 Å². The molecule has 2 heterocycles. The van der Waals surface area contributed by atoms with Gasteiger partial charge in [0.25, 0.3) is 0 Å². The van der Waals surface area contributed by atoms with E-state index in [1.807, 2.05) is 32.0 Å². The molecule has 10 heteroatoms. The van der Waals surface area contributed by atoms with E-state index < -0.39 is 0 Å². The van der Waals surface area contributed by atoms with Crippen LogP contribution in [-0.4, -0.2) is 43.0 Å². The molecule has 25 heavy (non-hydrogen) atoms. The number of rotatable bonds is 5. The first-order valence-corrected chi connectivity index (χ1v) is 8.52. The van der Waals surface area contributed by atoms with Gasteiger partial charge in [-0.3, -0.25) is 0 Å². The molecule has 0 saturated carbocycles. The summed E-state index contributed by atoms with van der Waals surface area (Å²) >= 11 is 1.53. The highest BCUT2D eigenvalue weighted by molar-refractivity contribution is 7.11. The molecule has 0 aliphatic heterocycles. The molecule has 9 nitrogen and oxygen atoms in total. The van der Waals surface area contributed by atoms with Crippen LogP contribution in [0.1, 0.15) is 15.6 Å². The van der Waals surface area contributed by atoms with E-state index in [1.54, 1.807) is 7.05 Å². The lowest BCUT2D eigenvalue weighted by Gasteiger charge is -2.10. The second kappa shape index (κ2) is 7.34. The molecule has 0 saturated heterocycles. The van der Waals surface area contributed by atoms with Gasteiger partial charge in [0.15, 0.2) is 0 Å². The van der Waals surface area contributed by atoms with Gasteiger partial charge in [0.05, 0.1) is 7.05 Å². The summed E-state index contributed by atoms with van der Waals surface area (Å²) in [5, 5.41) is 27.5. The van der Waals surface area contributed by atoms with Gasteiger partial charge >= 0.3 is 6.03 Å². The first-order valence-electron chi connectivity index (χ1n) is 7.70. The number of hydrogen-bond acceptors (Lipinski definition) is 7. The van der Waals surface area contributed by atoms with E-state index in [0.717, 1.165) is 21.1 Å². The first-order chi connectivity index (χ1) is 12.0. The summed E-state index contributed by atoms with van der Waals surface area (Å²) in [7, 11) is 1.71. The Hall–Kier alpha value is -2.88. The van der Waals surface area contributed by atoms with Crippen LogP contribution in [0, 0.1) is 13.8 Å². The maximum Gasteiger partial charge on any atom is 0.319 e. The summed E-state index contributed by atoms with van der Waals surface area (Å²) in [6.45, 7) is 4.32. The van der Waals surface area contributed by atoms with E-state index in [4.69, 9.17) is 0 Å². The Morgan fingerprint density at radius 3 is 2.76 bits per heavy atom. The van der Waals surface area contributed by atoms with Gasteiger partial charge < -0.3 is 10.6 Å². The number of nitrogens with zero attached hydrogens (tertiary/aromatic N) is 6. The van der Waals surface area contributed by atoms with Crippen molar-refractivity contribution in [1.29, 1.82) is 0 Å². The van der Waals surface area contributed by atoms with Crippen molar-refractivity contribution in [3.8, 4) is 11.4 Å². The van der Waals surface area contributed by atoms with Crippen LogP contribution in [0.2, 0.25) is 0 Å². The van der Waals surface area contributed by atoms with Gasteiger partial charge in [-0.25, -0.2) is 4.79 Å². The number of benzene rings is 1. The Morgan fingerprint density at radius 2 is 2.08 bits per heavy atom. The Balaban J connectivity index is 1.60. The minimum absolute atomic E-state index is 0.270. The van der Waals surface area contributed by atoms with Gasteiger partial charge in [0, 0.05) is 24.2 Å². The largest absolute Gasteiger partial charge is 0.337 e. The SMILES string of the molecule is Cc1nnc(CCNC(=O)Nc2cc(-c3nnn(C)n3)ccc2C)s1. The van der Waals surface area contributed by atoms with Crippen LogP contribution in [0.25, 0.3) is 11.4 Å². The lowest BCUT2D eigenvalue weighted by molar-refractivity contribution is 0.252. The molecule has 0 spiro atoms. The molecule has 1 aromatic carbocycles. The maximum absolute atomic E-state index is 12.1. The number of tetrazole rings is 1. The number of aryl methyl sites for hydroxylation is 3. The number of carbonyl (C=O) groups is 1. The monoisotopic (exact) mass is 358 g/mol. The summed E-state index contributed by atoms with van der Waals surface area (Å²) in [6.07, 6.45) is 0.654. The topological polar surface area (TPSA) is 111 Å². The average Bonchev–Trinajstić information content (AvgIpc) is 3.18. The third-order valence-corrected chi connectivity index (χ3v) is 4.34. The van der Waals surface area contributed by atoms with E-state index in [9.17, 15) is 4.79 Å². The first kappa shape index (κ1) is 17.0. The molecule has 0 bridgehead atoms. The molecule has 2 N–H and O–H groups in total. The van der Waals surface area contributed by atoms with Crippen molar-refractivity contribution >= 4 is 23.1 Å². The molecule has 0 atom stereocenters. The minimum Gasteiger partial charge on any atom is -0.337 e. The van der Waals surface area contributed by atoms with Gasteiger partial charge in [-0.1, -0.05) is 12.1 Å². The molecule has 130 valence electrons. The van der Waals surface area contributed by atoms with Crippen LogP contribution in [0.3, 0.4) is 0 Å². The van der Waals surface area contributed by atoms with Crippen molar-refractivity contribution in [1.82, 2.24) is 35.7 Å². The quantitative estimate of drug-likeness (QED) is 0.718. The third-order valence-electron chi connectivity index (χ3n) is 3.44. The minimum atomic E-state index is -0.270. The standard InChI is InChI=1S/C15H18N8OS/c1-9-4-5-11(14-20-22-23(3)21-14)8-12(9)17-15(24)16-7-6-13-19-18-10(2)25-13/h4-5,8H,6-7H2,1-3H3,(H2,16,17,24). The second-order valence-corrected chi connectivity index (χ2v) is 6.74. The summed E-state index contributed by atoms with van der Waals surface area (Å²) in [4.78, 5) is 13.5. The van der Waals surface area contributed by atoms with Gasteiger partial charge in [0.2, 0.25) is 5.82 Å². The Labute approximate surface area is 148 Å². The molecule has 0 radical (unpaired) electrons. The zero-order valence-electron chi connectivity index (χ0n) is 14.1. The smallest absolute Gasteiger partial charge is 0.319 e. The normalized spacial score (nSPS) is 10.7. The highest BCUT2D eigenvalue weighted by atomic mass is 32.1. The number of amides is 2. The summed E-state index contributed by atoms with van der Waals surface area (Å²) in [6, 6.07) is 5.37. The van der Waals surface area contributed by atoms with Crippen molar-refractivity contribution in [3.05, 3.63) is 33.8 Å². The molecule has 2 amide bonds. The lowest BCUT2D eigenvalue weighted by Crippen LogP contribution is -2.30. The molecule has 0 aliphatic carbocycles. The van der Waals surface area contributed by atoms with E-state index in [0.29, 0.717) is 24.5 Å². The van der Waals surface area contributed by atoms with Gasteiger partial charge in [0.1, 0.15) is 10.0 Å². The number of hydrogen-bond donors (Lipinski definition) is 2. The average molecular weight is 358 g/mol. The number of anilines is 1. The van der Waals surface area contributed by atoms with Crippen LogP contribution < -0.4 is 10.6 Å². The molecule has 3 rings (SSSR count). The van der Waals surface area contributed by atoms with Crippen molar-refractivity contribution in [2.75, 3.05) is 11.9 Å². The molecule has 2 aromatic heterocycles. The van der Waals surface area contributed by atoms with Crippen LogP contribution in [0.4, 0.5) is 10.5 Å². The van der Waals surface area contributed by atoms with Crippen molar-refractivity contribution in [2.24, 2.45) is 7.05 Å². The summed E-state index contributed by atoms with van der Waals surface area (Å²) < 4.78 is 0. The number of urea groups is 1. The highest BCUT2D eigenvalue weighted by Gasteiger charge is 2.10. The van der Waals surface area contributed by atoms with Crippen molar-refractivity contribution in [3.63, 3.8) is 0 Å². The predicted molar refractivity (Wildman–Crippen MR) is 94.3 cm³/mol. The lowest BCUT2D eigenvalue weighted by atomic mass is 10.1. The van der Waals surface area contributed by atoms with E-state index in [1.165, 1.54) is 16.1 Å². The van der Waals surface area contributed by atoms with E-state index in [-0.39, 0.29) is 6.03 Å². The molecular weight excluding hydrogens is 340 g/mol. The van der Waals surface area contributed by atoms with Crippen LogP contribution in [-0.2, 0) is 13.5 Å². The van der Waals surface area contributed by atoms with Gasteiger partial charge in [-0.15, -0.1) is 31.7 Å². The van der Waals surface area contributed by atoms with Crippen LogP contribution in [0.15, 0.2) is 18.2 Å². The zero-order chi connectivity index (χ0) is 17.8. The second-order valence-electron chi connectivity index (χ2n) is 5.48. The fraction of sp³-hybridized carbons (Fsp3) is 0.333. The highest BCUT2D eigenvalue weighted by Crippen LogP contribution is 2.22. The molecule has 0 aliphatic rings. The van der Waals surface area contributed by atoms with Crippen molar-refractivity contribution in [2.45, 2.75) is 20.3 Å². The van der Waals surface area contributed by atoms with Crippen molar-refractivity contribution < 1.29 is 4.79 Å². The molecular formula is C15H18N8OS. The van der Waals surface area contributed by atoms with E-state index >= 15 is 0 Å². The molecule has 3 aromatic rings. The molecule has 0 fully saturated rings. The zero-order valence-corrected chi connectivity index (χ0v) is 15.0. The fourth-order valence-electron chi connectivity index (χ4n) is 2.18. The van der Waals surface area contributed by atoms with Gasteiger partial charge in [-0.2, -0.15) is 4.80 Å². The molecule has 0 unspecified atom stereocenters. The Bertz CT molecular complexity index is 887. The number of carbonyl (C=O) groups excluding carboxylic acids is 1. The number of aromatic nitrogens is 6. The summed E-state index contributed by atoms with van der Waals surface area (Å²) in [5.41, 5.74) is 2.44. The summed E-state index contributed by atoms with van der Waals surface area (Å²) in [5.74, 6) is 0.512. The predicted octanol–water partition coefficient (Wildman–Crippen LogP) is 1.71. The third kappa shape index (κ3) is 4.35. The maximum atomic E-state index is 12.1. The number of nitrogens with one attached hydrogen (secondary N) is 2. The van der Waals surface area contributed by atoms with E-state index in [2.05, 4.69) is 36.2 Å². The Kier molecular flexibility index (Phi) is 4.98.